The van der Waals surface area contributed by atoms with Crippen molar-refractivity contribution in [2.45, 2.75) is 111 Å². The van der Waals surface area contributed by atoms with Crippen molar-refractivity contribution in [1.82, 2.24) is 9.13 Å². The highest BCUT2D eigenvalue weighted by Gasteiger charge is 2.47. The molecule has 5 nitrogen and oxygen atoms in total. The van der Waals surface area contributed by atoms with Gasteiger partial charge in [-0.1, -0.05) is 349 Å². The molecule has 4 heterocycles. The first-order valence-electron chi connectivity index (χ1n) is 42.5. The SMILES string of the molecule is [C-]#[N+]c1ccccc1-c1cc(-c2ccc(C(C)(C)C)cc2)cc(-c2cccc(C(C)(C)C)c2)c1N1c2cc(-n3c4ccccc4c4ccccc43)ccc2B2c3ccc(-n4c5ccccc5c5ccccc54)cc3C(c3c(-c4cccc(C(C)(C)C)c4)cc(-c4ccc(C(C)(C)C)cc4)cc3-c3ccccc3C#N)c3cc(-c4ccccc4)cc1c32. The predicted molar refractivity (Wildman–Crippen MR) is 512 cm³/mol. The van der Waals surface area contributed by atoms with Gasteiger partial charge in [-0.05, 0) is 229 Å². The number of hydrogen-bond acceptors (Lipinski definition) is 2. The number of anilines is 3. The van der Waals surface area contributed by atoms with Crippen LogP contribution in [0.4, 0.5) is 22.7 Å². The number of benzene rings is 16. The number of nitrogens with zero attached hydrogens (tertiary/aromatic N) is 5. The molecule has 0 amide bonds. The highest BCUT2D eigenvalue weighted by atomic mass is 15.2. The fourth-order valence-electron chi connectivity index (χ4n) is 19.6. The van der Waals surface area contributed by atoms with E-state index in [1.165, 1.54) is 60.3 Å². The number of rotatable bonds is 11. The summed E-state index contributed by atoms with van der Waals surface area (Å²) in [5.74, 6) is -0.534. The van der Waals surface area contributed by atoms with Gasteiger partial charge in [0.2, 0.25) is 6.71 Å². The number of para-hydroxylation sites is 5. The molecule has 0 aliphatic carbocycles. The van der Waals surface area contributed by atoms with Crippen LogP contribution >= 0.6 is 0 Å². The lowest BCUT2D eigenvalue weighted by Gasteiger charge is -2.45. The molecule has 2 aromatic heterocycles. The van der Waals surface area contributed by atoms with E-state index in [1.54, 1.807) is 0 Å². The molecule has 16 aromatic carbocycles. The topological polar surface area (TPSA) is 41.2 Å². The van der Waals surface area contributed by atoms with Crippen molar-refractivity contribution < 1.29 is 0 Å². The van der Waals surface area contributed by atoms with Crippen LogP contribution in [-0.2, 0) is 21.7 Å². The van der Waals surface area contributed by atoms with Gasteiger partial charge in [0.05, 0.1) is 46.0 Å². The van der Waals surface area contributed by atoms with Crippen molar-refractivity contribution in [1.29, 1.82) is 5.26 Å². The summed E-state index contributed by atoms with van der Waals surface area (Å²) >= 11 is 0. The molecule has 0 saturated heterocycles. The highest BCUT2D eigenvalue weighted by Crippen LogP contribution is 2.56. The summed E-state index contributed by atoms with van der Waals surface area (Å²) in [7, 11) is 0. The first-order chi connectivity index (χ1) is 58.5. The van der Waals surface area contributed by atoms with E-state index in [0.717, 1.165) is 145 Å². The zero-order valence-corrected chi connectivity index (χ0v) is 70.8. The van der Waals surface area contributed by atoms with E-state index in [0.29, 0.717) is 11.3 Å². The van der Waals surface area contributed by atoms with Crippen molar-refractivity contribution in [2.75, 3.05) is 4.90 Å². The molecule has 0 N–H and O–H groups in total. The summed E-state index contributed by atoms with van der Waals surface area (Å²) in [4.78, 5) is 7.15. The number of aromatic nitrogens is 2. The monoisotopic (exact) mass is 1560 g/mol. The maximum Gasteiger partial charge on any atom is 0.247 e. The van der Waals surface area contributed by atoms with E-state index in [2.05, 4.69) is 430 Å². The van der Waals surface area contributed by atoms with Crippen molar-refractivity contribution in [3.63, 3.8) is 0 Å². The molecule has 0 bridgehead atoms. The molecule has 0 spiro atoms. The van der Waals surface area contributed by atoms with E-state index in [1.807, 2.05) is 24.3 Å². The standard InChI is InChI=1S/C115H94BN5/c1-112(2,3)81-53-49-73(50-54-81)78-63-93(75-34-29-36-83(61-75)114(7,8)9)108(95(65-78)87-38-18-17-33-77(87)71-117)109-97-69-85(119-102-45-25-20-40-89(102)90-41-21-26-46-103(90)119)57-59-99(97)116-100-60-58-86(120-104-47-27-22-42-91(104)92-43-23-28-48-105(92)120)70-106(100)121(107-68-80(67-98(109)110(107)116)72-31-15-14-16-32-72)111-94(76-35-30-37-84(62-76)115(10,11)12)64-79(74-51-55-82(56-52-74)113(4,5)6)66-96(111)88-39-19-24-44-101(88)118-13/h14-70,109H,1-12H3. The van der Waals surface area contributed by atoms with Crippen LogP contribution in [0, 0.1) is 17.9 Å². The Balaban J connectivity index is 0.999. The Morgan fingerprint density at radius 2 is 0.744 bits per heavy atom. The van der Waals surface area contributed by atoms with Gasteiger partial charge in [-0.25, -0.2) is 4.85 Å². The fraction of sp³-hybridized carbons (Fsp3) is 0.148. The average molecular weight is 1560 g/mol. The van der Waals surface area contributed by atoms with Gasteiger partial charge in [0.25, 0.3) is 0 Å². The van der Waals surface area contributed by atoms with Gasteiger partial charge in [-0.2, -0.15) is 5.26 Å². The van der Waals surface area contributed by atoms with Crippen LogP contribution in [0.5, 0.6) is 0 Å². The minimum absolute atomic E-state index is 0.0780. The second-order valence-electron chi connectivity index (χ2n) is 37.4. The largest absolute Gasteiger partial charge is 0.310 e. The Morgan fingerprint density at radius 1 is 0.314 bits per heavy atom. The Bertz CT molecular complexity index is 6810. The van der Waals surface area contributed by atoms with Gasteiger partial charge < -0.3 is 14.0 Å². The van der Waals surface area contributed by atoms with Crippen LogP contribution in [-0.4, -0.2) is 15.8 Å². The van der Waals surface area contributed by atoms with Gasteiger partial charge >= 0.3 is 0 Å². The Hall–Kier alpha value is -14.0. The second kappa shape index (κ2) is 28.9. The number of nitriles is 1. The van der Waals surface area contributed by atoms with Gasteiger partial charge in [0.15, 0.2) is 5.69 Å². The van der Waals surface area contributed by atoms with Crippen LogP contribution in [0.1, 0.15) is 134 Å². The first kappa shape index (κ1) is 75.7. The molecule has 18 aromatic rings. The Labute approximate surface area is 711 Å². The molecule has 582 valence electrons. The molecule has 0 fully saturated rings. The summed E-state index contributed by atoms with van der Waals surface area (Å²) in [6.07, 6.45) is 0. The molecule has 20 rings (SSSR count). The van der Waals surface area contributed by atoms with Crippen molar-refractivity contribution >= 4 is 89.5 Å². The first-order valence-corrected chi connectivity index (χ1v) is 42.5. The van der Waals surface area contributed by atoms with E-state index in [-0.39, 0.29) is 28.4 Å². The quantitative estimate of drug-likeness (QED) is 0.0957. The van der Waals surface area contributed by atoms with Gasteiger partial charge in [0, 0.05) is 55.8 Å². The summed E-state index contributed by atoms with van der Waals surface area (Å²) in [5, 5.41) is 16.6. The molecule has 2 aliphatic rings. The average Bonchev–Trinajstić information content (AvgIpc) is 0.945. The molecule has 6 heteroatoms. The summed E-state index contributed by atoms with van der Waals surface area (Å²) in [6, 6.07) is 132. The molecular weight excluding hydrogens is 1460 g/mol. The molecule has 1 atom stereocenters. The third kappa shape index (κ3) is 12.9. The van der Waals surface area contributed by atoms with Crippen molar-refractivity contribution in [2.24, 2.45) is 0 Å². The van der Waals surface area contributed by atoms with Crippen LogP contribution < -0.4 is 21.3 Å². The normalized spacial score (nSPS) is 13.3. The molecule has 0 radical (unpaired) electrons. The maximum absolute atomic E-state index is 11.8. The number of hydrogen-bond donors (Lipinski definition) is 0. The second-order valence-corrected chi connectivity index (χ2v) is 37.4. The maximum atomic E-state index is 11.8. The van der Waals surface area contributed by atoms with Crippen molar-refractivity contribution in [3.05, 3.63) is 402 Å². The summed E-state index contributed by atoms with van der Waals surface area (Å²) in [6.45, 7) is 36.5. The molecular formula is C115H94BN5. The predicted octanol–water partition coefficient (Wildman–Crippen LogP) is 29.0. The van der Waals surface area contributed by atoms with Gasteiger partial charge in [-0.15, -0.1) is 0 Å². The minimum Gasteiger partial charge on any atom is -0.310 e. The lowest BCUT2D eigenvalue weighted by Crippen LogP contribution is -2.62. The number of fused-ring (bicyclic) bond motifs is 10. The third-order valence-electron chi connectivity index (χ3n) is 25.8. The van der Waals surface area contributed by atoms with Crippen LogP contribution in [0.2, 0.25) is 0 Å². The Kier molecular flexibility index (Phi) is 18.1. The minimum atomic E-state index is -0.534. The molecule has 121 heavy (non-hydrogen) atoms. The molecule has 2 aliphatic heterocycles. The lowest BCUT2D eigenvalue weighted by molar-refractivity contribution is 0.590. The molecule has 0 saturated carbocycles. The summed E-state index contributed by atoms with van der Waals surface area (Å²) in [5.41, 5.74) is 36.2. The Morgan fingerprint density at radius 3 is 1.27 bits per heavy atom. The van der Waals surface area contributed by atoms with Gasteiger partial charge in [-0.3, -0.25) is 0 Å². The molecule has 1 unspecified atom stereocenters. The van der Waals surface area contributed by atoms with E-state index >= 15 is 0 Å². The van der Waals surface area contributed by atoms with E-state index in [9.17, 15) is 11.8 Å². The zero-order valence-electron chi connectivity index (χ0n) is 70.8. The smallest absolute Gasteiger partial charge is 0.247 e. The van der Waals surface area contributed by atoms with Crippen LogP contribution in [0.25, 0.3) is 138 Å². The van der Waals surface area contributed by atoms with Crippen molar-refractivity contribution in [3.8, 4) is 95.3 Å². The summed E-state index contributed by atoms with van der Waals surface area (Å²) < 4.78 is 4.96. The highest BCUT2D eigenvalue weighted by molar-refractivity contribution is 6.99. The fourth-order valence-corrected chi connectivity index (χ4v) is 19.6. The van der Waals surface area contributed by atoms with Crippen LogP contribution in [0.15, 0.2) is 346 Å². The van der Waals surface area contributed by atoms with Gasteiger partial charge in [0.1, 0.15) is 0 Å². The lowest BCUT2D eigenvalue weighted by atomic mass is 9.31. The third-order valence-corrected chi connectivity index (χ3v) is 25.8. The van der Waals surface area contributed by atoms with E-state index in [4.69, 9.17) is 0 Å². The van der Waals surface area contributed by atoms with E-state index < -0.39 is 5.92 Å². The van der Waals surface area contributed by atoms with Crippen LogP contribution in [0.3, 0.4) is 0 Å². The zero-order chi connectivity index (χ0) is 83.1.